The van der Waals surface area contributed by atoms with Gasteiger partial charge in [-0.15, -0.1) is 0 Å². The van der Waals surface area contributed by atoms with Crippen LogP contribution < -0.4 is 4.74 Å². The van der Waals surface area contributed by atoms with E-state index in [0.29, 0.717) is 0 Å². The van der Waals surface area contributed by atoms with Crippen molar-refractivity contribution in [3.8, 4) is 5.75 Å². The van der Waals surface area contributed by atoms with E-state index in [1.807, 2.05) is 39.0 Å². The fourth-order valence-electron chi connectivity index (χ4n) is 1.80. The number of rotatable bonds is 3. The van der Waals surface area contributed by atoms with E-state index in [0.717, 1.165) is 27.9 Å². The van der Waals surface area contributed by atoms with Crippen molar-refractivity contribution in [1.29, 1.82) is 0 Å². The number of hydrogen-bond donors (Lipinski definition) is 0. The molecule has 0 N–H and O–H groups in total. The first kappa shape index (κ1) is 12.4. The van der Waals surface area contributed by atoms with E-state index in [9.17, 15) is 0 Å². The lowest BCUT2D eigenvalue weighted by Crippen LogP contribution is -2.09. The maximum atomic E-state index is 5.80. The van der Waals surface area contributed by atoms with Gasteiger partial charge in [0, 0.05) is 16.5 Å². The lowest BCUT2D eigenvalue weighted by atomic mass is 10.0. The predicted octanol–water partition coefficient (Wildman–Crippen LogP) is 4.07. The van der Waals surface area contributed by atoms with Crippen molar-refractivity contribution >= 4 is 21.6 Å². The molecule has 0 saturated heterocycles. The minimum atomic E-state index is -0.0266. The number of benzene rings is 1. The molecule has 4 heteroatoms. The van der Waals surface area contributed by atoms with Gasteiger partial charge in [0.2, 0.25) is 0 Å². The van der Waals surface area contributed by atoms with Gasteiger partial charge in [-0.1, -0.05) is 21.1 Å². The van der Waals surface area contributed by atoms with E-state index >= 15 is 0 Å². The molecule has 0 amide bonds. The predicted molar refractivity (Wildman–Crippen MR) is 71.5 cm³/mol. The van der Waals surface area contributed by atoms with Crippen molar-refractivity contribution in [2.24, 2.45) is 5.16 Å². The van der Waals surface area contributed by atoms with E-state index in [2.05, 4.69) is 21.1 Å². The van der Waals surface area contributed by atoms with Gasteiger partial charge in [0.15, 0.2) is 6.10 Å². The summed E-state index contributed by atoms with van der Waals surface area (Å²) in [6.07, 6.45) is 0.949. The van der Waals surface area contributed by atoms with Gasteiger partial charge >= 0.3 is 0 Å². The van der Waals surface area contributed by atoms with Crippen LogP contribution in [0.4, 0.5) is 0 Å². The topological polar surface area (TPSA) is 30.8 Å². The summed E-state index contributed by atoms with van der Waals surface area (Å²) in [5, 5.41) is 3.99. The highest BCUT2D eigenvalue weighted by Crippen LogP contribution is 2.35. The van der Waals surface area contributed by atoms with Gasteiger partial charge in [0.1, 0.15) is 5.75 Å². The van der Waals surface area contributed by atoms with Gasteiger partial charge < -0.3 is 9.57 Å². The largest absolute Gasteiger partial charge is 0.491 e. The lowest BCUT2D eigenvalue weighted by Gasteiger charge is -2.17. The molecular formula is C13H16BrNO2. The second-order valence-electron chi connectivity index (χ2n) is 4.47. The molecule has 2 rings (SSSR count). The Hall–Kier alpha value is -1.03. The summed E-state index contributed by atoms with van der Waals surface area (Å²) in [5.41, 5.74) is 2.07. The monoisotopic (exact) mass is 297 g/mol. The first-order chi connectivity index (χ1) is 8.06. The van der Waals surface area contributed by atoms with Gasteiger partial charge in [-0.25, -0.2) is 0 Å². The molecule has 92 valence electrons. The van der Waals surface area contributed by atoms with Crippen molar-refractivity contribution in [3.05, 3.63) is 28.2 Å². The Morgan fingerprint density at radius 3 is 2.82 bits per heavy atom. The summed E-state index contributed by atoms with van der Waals surface area (Å²) >= 11 is 3.48. The third kappa shape index (κ3) is 3.00. The molecule has 0 unspecified atom stereocenters. The fraction of sp³-hybridized carbons (Fsp3) is 0.462. The molecule has 0 radical (unpaired) electrons. The van der Waals surface area contributed by atoms with E-state index in [1.165, 1.54) is 0 Å². The van der Waals surface area contributed by atoms with Gasteiger partial charge in [0.05, 0.1) is 11.8 Å². The number of oxime groups is 1. The normalized spacial score (nSPS) is 19.1. The lowest BCUT2D eigenvalue weighted by molar-refractivity contribution is 0.0818. The Bertz CT molecular complexity index is 443. The number of ether oxygens (including phenoxy) is 1. The average Bonchev–Trinajstić information content (AvgIpc) is 2.67. The Labute approximate surface area is 110 Å². The minimum absolute atomic E-state index is 0.0266. The second kappa shape index (κ2) is 5.08. The van der Waals surface area contributed by atoms with Gasteiger partial charge in [-0.05, 0) is 39.0 Å². The van der Waals surface area contributed by atoms with Gasteiger partial charge in [-0.3, -0.25) is 0 Å². The van der Waals surface area contributed by atoms with E-state index in [1.54, 1.807) is 0 Å². The van der Waals surface area contributed by atoms with E-state index in [4.69, 9.17) is 9.57 Å². The molecule has 0 aromatic heterocycles. The molecule has 1 aromatic carbocycles. The molecule has 0 bridgehead atoms. The summed E-state index contributed by atoms with van der Waals surface area (Å²) in [6, 6.07) is 5.98. The highest BCUT2D eigenvalue weighted by atomic mass is 79.9. The zero-order chi connectivity index (χ0) is 12.4. The number of halogens is 1. The first-order valence-electron chi connectivity index (χ1n) is 5.71. The third-order valence-corrected chi connectivity index (χ3v) is 2.99. The molecule has 17 heavy (non-hydrogen) atoms. The van der Waals surface area contributed by atoms with Crippen LogP contribution in [0, 0.1) is 0 Å². The van der Waals surface area contributed by atoms with E-state index < -0.39 is 0 Å². The van der Waals surface area contributed by atoms with Crippen molar-refractivity contribution < 1.29 is 9.57 Å². The molecule has 0 fully saturated rings. The standard InChI is InChI=1S/C13H16BrNO2/c1-8(2)16-12-5-4-10(14)7-11(12)13-6-9(3)15-17-13/h4-5,7-8,13H,6H2,1-3H3/t13-/m0/s1. The molecule has 0 saturated carbocycles. The van der Waals surface area contributed by atoms with Crippen LogP contribution in [0.15, 0.2) is 27.8 Å². The summed E-state index contributed by atoms with van der Waals surface area (Å²) in [5.74, 6) is 0.873. The zero-order valence-electron chi connectivity index (χ0n) is 10.2. The van der Waals surface area contributed by atoms with Crippen molar-refractivity contribution in [1.82, 2.24) is 0 Å². The highest BCUT2D eigenvalue weighted by Gasteiger charge is 2.24. The summed E-state index contributed by atoms with van der Waals surface area (Å²) < 4.78 is 6.82. The Morgan fingerprint density at radius 1 is 1.47 bits per heavy atom. The molecule has 1 aromatic rings. The van der Waals surface area contributed by atoms with E-state index in [-0.39, 0.29) is 12.2 Å². The van der Waals surface area contributed by atoms with Crippen LogP contribution in [-0.2, 0) is 4.84 Å². The third-order valence-electron chi connectivity index (χ3n) is 2.50. The summed E-state index contributed by atoms with van der Waals surface area (Å²) in [7, 11) is 0. The van der Waals surface area contributed by atoms with Crippen LogP contribution in [-0.4, -0.2) is 11.8 Å². The van der Waals surface area contributed by atoms with Crippen molar-refractivity contribution in [2.75, 3.05) is 0 Å². The van der Waals surface area contributed by atoms with Crippen LogP contribution in [0.5, 0.6) is 5.75 Å². The molecule has 1 aliphatic heterocycles. The van der Waals surface area contributed by atoms with Crippen LogP contribution in [0.2, 0.25) is 0 Å². The minimum Gasteiger partial charge on any atom is -0.491 e. The van der Waals surface area contributed by atoms with Gasteiger partial charge in [0.25, 0.3) is 0 Å². The average molecular weight is 298 g/mol. The van der Waals surface area contributed by atoms with Crippen molar-refractivity contribution in [3.63, 3.8) is 0 Å². The first-order valence-corrected chi connectivity index (χ1v) is 6.51. The van der Waals surface area contributed by atoms with Crippen LogP contribution in [0.25, 0.3) is 0 Å². The maximum Gasteiger partial charge on any atom is 0.161 e. The smallest absolute Gasteiger partial charge is 0.161 e. The quantitative estimate of drug-likeness (QED) is 0.842. The summed E-state index contributed by atoms with van der Waals surface area (Å²) in [6.45, 7) is 6.01. The Kier molecular flexibility index (Phi) is 3.72. The molecule has 1 aliphatic rings. The molecule has 1 heterocycles. The molecule has 0 aliphatic carbocycles. The van der Waals surface area contributed by atoms with Crippen LogP contribution >= 0.6 is 15.9 Å². The highest BCUT2D eigenvalue weighted by molar-refractivity contribution is 9.10. The van der Waals surface area contributed by atoms with Crippen LogP contribution in [0.3, 0.4) is 0 Å². The molecule has 3 nitrogen and oxygen atoms in total. The number of hydrogen-bond acceptors (Lipinski definition) is 3. The summed E-state index contributed by atoms with van der Waals surface area (Å²) in [4.78, 5) is 5.42. The molecule has 1 atom stereocenters. The van der Waals surface area contributed by atoms with Gasteiger partial charge in [-0.2, -0.15) is 0 Å². The molecule has 0 spiro atoms. The Morgan fingerprint density at radius 2 is 2.24 bits per heavy atom. The molecular weight excluding hydrogens is 282 g/mol. The maximum absolute atomic E-state index is 5.80. The van der Waals surface area contributed by atoms with Crippen molar-refractivity contribution in [2.45, 2.75) is 39.4 Å². The second-order valence-corrected chi connectivity index (χ2v) is 5.39. The Balaban J connectivity index is 2.27. The fourth-order valence-corrected chi connectivity index (χ4v) is 2.17. The SMILES string of the molecule is CC1=NO[C@H](c2cc(Br)ccc2OC(C)C)C1. The number of nitrogens with zero attached hydrogens (tertiary/aromatic N) is 1. The zero-order valence-corrected chi connectivity index (χ0v) is 11.8. The van der Waals surface area contributed by atoms with Crippen LogP contribution in [0.1, 0.15) is 38.9 Å².